The highest BCUT2D eigenvalue weighted by molar-refractivity contribution is 5.82. The second kappa shape index (κ2) is 4.65. The first kappa shape index (κ1) is 11.3. The maximum atomic E-state index is 11.7. The van der Waals surface area contributed by atoms with Gasteiger partial charge in [-0.3, -0.25) is 4.79 Å². The minimum Gasteiger partial charge on any atom is -0.452 e. The molecular weight excluding hydrogens is 188 g/mol. The van der Waals surface area contributed by atoms with Gasteiger partial charge in [0.15, 0.2) is 6.61 Å². The highest BCUT2D eigenvalue weighted by atomic mass is 16.5. The smallest absolute Gasteiger partial charge is 0.316 e. The van der Waals surface area contributed by atoms with Gasteiger partial charge < -0.3 is 4.74 Å². The number of carbonyl (C=O) groups is 1. The normalized spacial score (nSPS) is 10.5. The minimum atomic E-state index is -0.655. The minimum absolute atomic E-state index is 0.0229. The molecular formula is C13H14O2. The van der Waals surface area contributed by atoms with Gasteiger partial charge in [-0.2, -0.15) is 0 Å². The molecule has 15 heavy (non-hydrogen) atoms. The maximum absolute atomic E-state index is 11.7. The third-order valence-electron chi connectivity index (χ3n) is 2.29. The molecule has 0 unspecified atom stereocenters. The van der Waals surface area contributed by atoms with Crippen molar-refractivity contribution < 1.29 is 9.53 Å². The van der Waals surface area contributed by atoms with Crippen molar-refractivity contribution in [2.24, 2.45) is 0 Å². The average Bonchev–Trinajstić information content (AvgIpc) is 2.27. The van der Waals surface area contributed by atoms with Gasteiger partial charge in [0.25, 0.3) is 0 Å². The van der Waals surface area contributed by atoms with Crippen LogP contribution >= 0.6 is 0 Å². The van der Waals surface area contributed by atoms with Crippen LogP contribution in [0.15, 0.2) is 30.3 Å². The molecule has 0 bridgehead atoms. The van der Waals surface area contributed by atoms with Gasteiger partial charge in [-0.05, 0) is 19.4 Å². The van der Waals surface area contributed by atoms with Gasteiger partial charge in [0.05, 0.1) is 5.41 Å². The monoisotopic (exact) mass is 202 g/mol. The Bertz CT molecular complexity index is 371. The molecule has 0 N–H and O–H groups in total. The number of ether oxygens (including phenoxy) is 1. The molecule has 1 rings (SSSR count). The highest BCUT2D eigenvalue weighted by Crippen LogP contribution is 2.24. The third kappa shape index (κ3) is 2.60. The van der Waals surface area contributed by atoms with E-state index < -0.39 is 5.41 Å². The average molecular weight is 202 g/mol. The summed E-state index contributed by atoms with van der Waals surface area (Å²) in [4.78, 5) is 11.7. The Kier molecular flexibility index (Phi) is 3.51. The van der Waals surface area contributed by atoms with Gasteiger partial charge in [0.2, 0.25) is 0 Å². The molecule has 1 aromatic carbocycles. The van der Waals surface area contributed by atoms with Crippen molar-refractivity contribution in [3.8, 4) is 12.3 Å². The fourth-order valence-electron chi connectivity index (χ4n) is 1.26. The first-order valence-electron chi connectivity index (χ1n) is 4.75. The zero-order valence-electron chi connectivity index (χ0n) is 8.99. The fraction of sp³-hybridized carbons (Fsp3) is 0.308. The van der Waals surface area contributed by atoms with Gasteiger partial charge in [0, 0.05) is 0 Å². The predicted octanol–water partition coefficient (Wildman–Crippen LogP) is 2.14. The van der Waals surface area contributed by atoms with E-state index in [1.807, 2.05) is 44.2 Å². The summed E-state index contributed by atoms with van der Waals surface area (Å²) in [6, 6.07) is 9.50. The Morgan fingerprint density at radius 1 is 1.40 bits per heavy atom. The molecule has 0 amide bonds. The van der Waals surface area contributed by atoms with E-state index in [9.17, 15) is 4.79 Å². The fourth-order valence-corrected chi connectivity index (χ4v) is 1.26. The largest absolute Gasteiger partial charge is 0.452 e. The molecule has 1 aromatic rings. The maximum Gasteiger partial charge on any atom is 0.316 e. The lowest BCUT2D eigenvalue weighted by Crippen LogP contribution is -2.31. The van der Waals surface area contributed by atoms with E-state index in [4.69, 9.17) is 11.2 Å². The van der Waals surface area contributed by atoms with Crippen molar-refractivity contribution in [3.63, 3.8) is 0 Å². The molecule has 0 aliphatic carbocycles. The van der Waals surface area contributed by atoms with Crippen molar-refractivity contribution in [2.75, 3.05) is 6.61 Å². The number of benzene rings is 1. The SMILES string of the molecule is C#CCOC(=O)C(C)(C)c1ccccc1. The first-order chi connectivity index (χ1) is 7.09. The third-order valence-corrected chi connectivity index (χ3v) is 2.29. The van der Waals surface area contributed by atoms with Crippen molar-refractivity contribution in [1.29, 1.82) is 0 Å². The standard InChI is InChI=1S/C13H14O2/c1-4-10-15-12(14)13(2,3)11-8-6-5-7-9-11/h1,5-9H,10H2,2-3H3. The summed E-state index contributed by atoms with van der Waals surface area (Å²) in [6.45, 7) is 3.66. The van der Waals surface area contributed by atoms with Crippen LogP contribution < -0.4 is 0 Å². The van der Waals surface area contributed by atoms with Gasteiger partial charge in [-0.1, -0.05) is 36.3 Å². The first-order valence-corrected chi connectivity index (χ1v) is 4.75. The summed E-state index contributed by atoms with van der Waals surface area (Å²) in [5.41, 5.74) is 0.269. The molecule has 0 radical (unpaired) electrons. The number of hydrogen-bond acceptors (Lipinski definition) is 2. The Balaban J connectivity index is 2.84. The van der Waals surface area contributed by atoms with Crippen LogP contribution in [-0.2, 0) is 14.9 Å². The van der Waals surface area contributed by atoms with Crippen LogP contribution in [0.3, 0.4) is 0 Å². The molecule has 78 valence electrons. The zero-order valence-corrected chi connectivity index (χ0v) is 8.99. The van der Waals surface area contributed by atoms with Crippen molar-refractivity contribution in [1.82, 2.24) is 0 Å². The molecule has 2 heteroatoms. The quantitative estimate of drug-likeness (QED) is 0.554. The molecule has 0 aromatic heterocycles. The molecule has 0 saturated heterocycles. The lowest BCUT2D eigenvalue weighted by Gasteiger charge is -2.22. The highest BCUT2D eigenvalue weighted by Gasteiger charge is 2.30. The molecule has 0 atom stereocenters. The Hall–Kier alpha value is -1.75. The number of carbonyl (C=O) groups excluding carboxylic acids is 1. The lowest BCUT2D eigenvalue weighted by atomic mass is 9.85. The summed E-state index contributed by atoms with van der Waals surface area (Å²) in [5.74, 6) is 1.98. The Morgan fingerprint density at radius 3 is 2.53 bits per heavy atom. The van der Waals surface area contributed by atoms with E-state index >= 15 is 0 Å². The van der Waals surface area contributed by atoms with Gasteiger partial charge in [-0.25, -0.2) is 0 Å². The molecule has 0 aliphatic heterocycles. The van der Waals surface area contributed by atoms with E-state index in [1.54, 1.807) is 0 Å². The molecule has 0 aliphatic rings. The number of rotatable bonds is 3. The van der Waals surface area contributed by atoms with E-state index in [0.29, 0.717) is 0 Å². The number of terminal acetylenes is 1. The van der Waals surface area contributed by atoms with Crippen LogP contribution in [0.25, 0.3) is 0 Å². The number of esters is 1. The van der Waals surface area contributed by atoms with Gasteiger partial charge >= 0.3 is 5.97 Å². The second-order valence-electron chi connectivity index (χ2n) is 3.77. The van der Waals surface area contributed by atoms with E-state index in [2.05, 4.69) is 5.92 Å². The summed E-state index contributed by atoms with van der Waals surface area (Å²) in [5, 5.41) is 0. The molecule has 2 nitrogen and oxygen atoms in total. The van der Waals surface area contributed by atoms with Crippen LogP contribution in [0, 0.1) is 12.3 Å². The van der Waals surface area contributed by atoms with Crippen molar-refractivity contribution >= 4 is 5.97 Å². The van der Waals surface area contributed by atoms with Crippen LogP contribution in [0.1, 0.15) is 19.4 Å². The van der Waals surface area contributed by atoms with Crippen molar-refractivity contribution in [2.45, 2.75) is 19.3 Å². The topological polar surface area (TPSA) is 26.3 Å². The van der Waals surface area contributed by atoms with E-state index in [-0.39, 0.29) is 12.6 Å². The van der Waals surface area contributed by atoms with Gasteiger partial charge in [-0.15, -0.1) is 6.42 Å². The van der Waals surface area contributed by atoms with E-state index in [0.717, 1.165) is 5.56 Å². The molecule has 0 fully saturated rings. The molecule has 0 spiro atoms. The van der Waals surface area contributed by atoms with Crippen LogP contribution in [0.4, 0.5) is 0 Å². The second-order valence-corrected chi connectivity index (χ2v) is 3.77. The predicted molar refractivity (Wildman–Crippen MR) is 59.3 cm³/mol. The van der Waals surface area contributed by atoms with Gasteiger partial charge in [0.1, 0.15) is 0 Å². The Morgan fingerprint density at radius 2 is 2.00 bits per heavy atom. The molecule has 0 saturated carbocycles. The lowest BCUT2D eigenvalue weighted by molar-refractivity contribution is -0.147. The summed E-state index contributed by atoms with van der Waals surface area (Å²) in [6.07, 6.45) is 5.03. The van der Waals surface area contributed by atoms with E-state index in [1.165, 1.54) is 0 Å². The summed E-state index contributed by atoms with van der Waals surface area (Å²) in [7, 11) is 0. The van der Waals surface area contributed by atoms with Crippen LogP contribution in [0.2, 0.25) is 0 Å². The molecule has 0 heterocycles. The summed E-state index contributed by atoms with van der Waals surface area (Å²) < 4.78 is 4.94. The Labute approximate surface area is 90.3 Å². The zero-order chi connectivity index (χ0) is 11.3. The van der Waals surface area contributed by atoms with Crippen LogP contribution in [0.5, 0.6) is 0 Å². The number of hydrogen-bond donors (Lipinski definition) is 0. The van der Waals surface area contributed by atoms with Crippen LogP contribution in [-0.4, -0.2) is 12.6 Å². The van der Waals surface area contributed by atoms with Crippen molar-refractivity contribution in [3.05, 3.63) is 35.9 Å². The summed E-state index contributed by atoms with van der Waals surface area (Å²) >= 11 is 0.